The summed E-state index contributed by atoms with van der Waals surface area (Å²) in [5.74, 6) is 1.05. The second-order valence-electron chi connectivity index (χ2n) is 4.87. The van der Waals surface area contributed by atoms with Crippen LogP contribution in [0.15, 0.2) is 40.8 Å². The van der Waals surface area contributed by atoms with Crippen molar-refractivity contribution in [2.75, 3.05) is 5.32 Å². The predicted molar refractivity (Wildman–Crippen MR) is 90.2 cm³/mol. The van der Waals surface area contributed by atoms with Crippen LogP contribution in [0.3, 0.4) is 0 Å². The van der Waals surface area contributed by atoms with Crippen LogP contribution in [0.25, 0.3) is 0 Å². The number of anilines is 1. The molecule has 0 fully saturated rings. The Labute approximate surface area is 142 Å². The molecule has 0 bridgehead atoms. The summed E-state index contributed by atoms with van der Waals surface area (Å²) in [6.07, 6.45) is 0.768. The number of carbonyl (C=O) groups excluding carboxylic acids is 1. The molecule has 3 rings (SSSR count). The Morgan fingerprint density at radius 3 is 2.65 bits per heavy atom. The highest BCUT2D eigenvalue weighted by Crippen LogP contribution is 2.20. The number of nitrogens with zero attached hydrogens (tertiary/aromatic N) is 2. The number of rotatable bonds is 6. The van der Waals surface area contributed by atoms with Gasteiger partial charge in [0.2, 0.25) is 5.78 Å². The Morgan fingerprint density at radius 1 is 1.26 bits per heavy atom. The van der Waals surface area contributed by atoms with E-state index in [2.05, 4.69) is 14.9 Å². The fraction of sp³-hybridized carbons (Fsp3) is 0.188. The third-order valence-electron chi connectivity index (χ3n) is 3.35. The topological polar surface area (TPSA) is 68.0 Å². The van der Waals surface area contributed by atoms with Gasteiger partial charge in [0.25, 0.3) is 0 Å². The van der Waals surface area contributed by atoms with E-state index in [1.54, 1.807) is 18.2 Å². The molecule has 7 heteroatoms. The fourth-order valence-corrected chi connectivity index (χ4v) is 2.69. The molecule has 0 aliphatic heterocycles. The van der Waals surface area contributed by atoms with Gasteiger partial charge in [-0.3, -0.25) is 4.79 Å². The third-order valence-corrected chi connectivity index (χ3v) is 4.33. The number of nitrogens with one attached hydrogen (secondary N) is 1. The highest BCUT2D eigenvalue weighted by Gasteiger charge is 2.13. The highest BCUT2D eigenvalue weighted by molar-refractivity contribution is 7.10. The fourth-order valence-electron chi connectivity index (χ4n) is 2.06. The average Bonchev–Trinajstić information content (AvgIpc) is 3.21. The smallest absolute Gasteiger partial charge is 0.228 e. The summed E-state index contributed by atoms with van der Waals surface area (Å²) in [6.45, 7) is 2.47. The summed E-state index contributed by atoms with van der Waals surface area (Å²) in [5, 5.41) is 7.13. The summed E-state index contributed by atoms with van der Waals surface area (Å²) in [4.78, 5) is 12.3. The minimum Gasteiger partial charge on any atom is -0.458 e. The zero-order chi connectivity index (χ0) is 16.2. The van der Waals surface area contributed by atoms with Gasteiger partial charge < -0.3 is 9.73 Å². The molecule has 0 aliphatic rings. The van der Waals surface area contributed by atoms with Crippen molar-refractivity contribution in [3.63, 3.8) is 0 Å². The molecular formula is C16H14ClN3O2S. The lowest BCUT2D eigenvalue weighted by Gasteiger charge is -2.05. The first kappa shape index (κ1) is 15.7. The first-order valence-corrected chi connectivity index (χ1v) is 8.26. The first-order valence-electron chi connectivity index (χ1n) is 7.11. The van der Waals surface area contributed by atoms with Crippen LogP contribution < -0.4 is 5.32 Å². The van der Waals surface area contributed by atoms with Crippen molar-refractivity contribution in [3.05, 3.63) is 63.5 Å². The second-order valence-corrected chi connectivity index (χ2v) is 6.23. The molecule has 118 valence electrons. The zero-order valence-corrected chi connectivity index (χ0v) is 13.9. The molecule has 0 spiro atoms. The van der Waals surface area contributed by atoms with E-state index in [1.807, 2.05) is 25.1 Å². The lowest BCUT2D eigenvalue weighted by atomic mass is 10.1. The maximum absolute atomic E-state index is 12.3. The standard InChI is InChI=1S/C16H14ClN3O2S/c1-2-12-7-8-14(22-12)15(21)10-3-5-11(6-4-10)18-9-13-16(17)23-20-19-13/h3-8,18H,2,9H2,1H3. The number of halogens is 1. The van der Waals surface area contributed by atoms with E-state index in [4.69, 9.17) is 16.0 Å². The molecule has 0 aliphatic carbocycles. The number of carbonyl (C=O) groups is 1. The minimum absolute atomic E-state index is 0.122. The van der Waals surface area contributed by atoms with Gasteiger partial charge in [-0.2, -0.15) is 0 Å². The highest BCUT2D eigenvalue weighted by atomic mass is 35.5. The summed E-state index contributed by atoms with van der Waals surface area (Å²) < 4.78 is 9.85. The number of benzene rings is 1. The van der Waals surface area contributed by atoms with Crippen LogP contribution in [0.1, 0.15) is 34.5 Å². The Morgan fingerprint density at radius 2 is 2.04 bits per heavy atom. The van der Waals surface area contributed by atoms with Gasteiger partial charge in [-0.15, -0.1) is 5.10 Å². The molecule has 0 saturated carbocycles. The second kappa shape index (κ2) is 6.93. The van der Waals surface area contributed by atoms with Gasteiger partial charge in [0, 0.05) is 29.2 Å². The Bertz CT molecular complexity index is 811. The molecule has 0 saturated heterocycles. The summed E-state index contributed by atoms with van der Waals surface area (Å²) in [7, 11) is 0. The van der Waals surface area contributed by atoms with Crippen molar-refractivity contribution in [2.45, 2.75) is 19.9 Å². The SMILES string of the molecule is CCc1ccc(C(=O)c2ccc(NCc3nnsc3Cl)cc2)o1. The van der Waals surface area contributed by atoms with Crippen molar-refractivity contribution >= 4 is 34.6 Å². The van der Waals surface area contributed by atoms with Crippen molar-refractivity contribution in [1.29, 1.82) is 0 Å². The van der Waals surface area contributed by atoms with E-state index in [-0.39, 0.29) is 5.78 Å². The Hall–Kier alpha value is -2.18. The predicted octanol–water partition coefficient (Wildman–Crippen LogP) is 4.19. The first-order chi connectivity index (χ1) is 11.2. The van der Waals surface area contributed by atoms with Gasteiger partial charge >= 0.3 is 0 Å². The number of hydrogen-bond acceptors (Lipinski definition) is 6. The molecule has 1 aromatic carbocycles. The van der Waals surface area contributed by atoms with Crippen molar-refractivity contribution in [3.8, 4) is 0 Å². The molecule has 0 atom stereocenters. The Balaban J connectivity index is 1.66. The van der Waals surface area contributed by atoms with E-state index in [0.717, 1.165) is 29.4 Å². The van der Waals surface area contributed by atoms with Gasteiger partial charge in [-0.1, -0.05) is 23.0 Å². The van der Waals surface area contributed by atoms with Crippen molar-refractivity contribution in [2.24, 2.45) is 0 Å². The number of furan rings is 1. The van der Waals surface area contributed by atoms with Crippen LogP contribution in [0.4, 0.5) is 5.69 Å². The molecule has 0 unspecified atom stereocenters. The molecule has 3 aromatic rings. The molecule has 0 radical (unpaired) electrons. The van der Waals surface area contributed by atoms with Crippen molar-refractivity contribution < 1.29 is 9.21 Å². The van der Waals surface area contributed by atoms with Gasteiger partial charge in [0.15, 0.2) is 5.76 Å². The molecule has 2 heterocycles. The van der Waals surface area contributed by atoms with E-state index in [0.29, 0.717) is 27.9 Å². The zero-order valence-electron chi connectivity index (χ0n) is 12.4. The number of aryl methyl sites for hydroxylation is 1. The van der Waals surface area contributed by atoms with Gasteiger partial charge in [0.1, 0.15) is 15.8 Å². The monoisotopic (exact) mass is 347 g/mol. The maximum atomic E-state index is 12.3. The van der Waals surface area contributed by atoms with E-state index >= 15 is 0 Å². The van der Waals surface area contributed by atoms with Crippen molar-refractivity contribution in [1.82, 2.24) is 9.59 Å². The average molecular weight is 348 g/mol. The quantitative estimate of drug-likeness (QED) is 0.677. The molecule has 1 N–H and O–H groups in total. The van der Waals surface area contributed by atoms with Gasteiger partial charge in [-0.25, -0.2) is 0 Å². The van der Waals surface area contributed by atoms with E-state index in [1.165, 1.54) is 0 Å². The van der Waals surface area contributed by atoms with Gasteiger partial charge in [-0.05, 0) is 36.4 Å². The summed E-state index contributed by atoms with van der Waals surface area (Å²) >= 11 is 7.11. The van der Waals surface area contributed by atoms with E-state index < -0.39 is 0 Å². The number of ketones is 1. The molecule has 23 heavy (non-hydrogen) atoms. The normalized spacial score (nSPS) is 10.7. The molecule has 5 nitrogen and oxygen atoms in total. The largest absolute Gasteiger partial charge is 0.458 e. The van der Waals surface area contributed by atoms with Crippen LogP contribution in [-0.2, 0) is 13.0 Å². The molecular weight excluding hydrogens is 334 g/mol. The van der Waals surface area contributed by atoms with E-state index in [9.17, 15) is 4.79 Å². The summed E-state index contributed by atoms with van der Waals surface area (Å²) in [5.41, 5.74) is 2.17. The van der Waals surface area contributed by atoms with Crippen LogP contribution in [0.2, 0.25) is 4.34 Å². The summed E-state index contributed by atoms with van der Waals surface area (Å²) in [6, 6.07) is 10.7. The Kier molecular flexibility index (Phi) is 4.73. The van der Waals surface area contributed by atoms with Crippen LogP contribution in [-0.4, -0.2) is 15.4 Å². The van der Waals surface area contributed by atoms with Crippen LogP contribution in [0, 0.1) is 0 Å². The third kappa shape index (κ3) is 3.60. The lowest BCUT2D eigenvalue weighted by molar-refractivity contribution is 0.101. The minimum atomic E-state index is -0.122. The molecule has 2 aromatic heterocycles. The van der Waals surface area contributed by atoms with Crippen LogP contribution in [0.5, 0.6) is 0 Å². The van der Waals surface area contributed by atoms with Crippen LogP contribution >= 0.6 is 23.1 Å². The number of hydrogen-bond donors (Lipinski definition) is 1. The van der Waals surface area contributed by atoms with Gasteiger partial charge in [0.05, 0.1) is 6.54 Å². The molecule has 0 amide bonds. The lowest BCUT2D eigenvalue weighted by Crippen LogP contribution is -2.02. The maximum Gasteiger partial charge on any atom is 0.228 e. The number of aromatic nitrogens is 2.